The van der Waals surface area contributed by atoms with Crippen molar-refractivity contribution in [2.24, 2.45) is 5.92 Å². The Labute approximate surface area is 120 Å². The van der Waals surface area contributed by atoms with Crippen LogP contribution in [0.1, 0.15) is 25.0 Å². The van der Waals surface area contributed by atoms with Crippen LogP contribution in [0.4, 0.5) is 13.2 Å². The van der Waals surface area contributed by atoms with Gasteiger partial charge in [0.05, 0.1) is 6.26 Å². The summed E-state index contributed by atoms with van der Waals surface area (Å²) in [6.07, 6.45) is -4.24. The zero-order valence-electron chi connectivity index (χ0n) is 11.5. The third-order valence-electron chi connectivity index (χ3n) is 3.84. The molecule has 7 heteroatoms. The van der Waals surface area contributed by atoms with Crippen LogP contribution in [0.2, 0.25) is 0 Å². The molecule has 0 aliphatic carbocycles. The second-order valence-electron chi connectivity index (χ2n) is 5.28. The minimum absolute atomic E-state index is 0.0913. The predicted octanol–water partition coefficient (Wildman–Crippen LogP) is 2.37. The van der Waals surface area contributed by atoms with Crippen molar-refractivity contribution >= 4 is 5.91 Å². The van der Waals surface area contributed by atoms with Gasteiger partial charge in [-0.05, 0) is 30.9 Å². The lowest BCUT2D eigenvalue weighted by molar-refractivity contribution is -0.222. The van der Waals surface area contributed by atoms with Gasteiger partial charge in [-0.1, -0.05) is 0 Å². The highest BCUT2D eigenvalue weighted by molar-refractivity contribution is 5.76. The van der Waals surface area contributed by atoms with Crippen molar-refractivity contribution in [2.45, 2.75) is 38.0 Å². The number of nitrogens with zero attached hydrogens (tertiary/aromatic N) is 1. The molecule has 0 spiro atoms. The second-order valence-corrected chi connectivity index (χ2v) is 5.28. The number of furan rings is 1. The first-order valence-electron chi connectivity index (χ1n) is 6.93. The molecule has 2 rings (SSSR count). The van der Waals surface area contributed by atoms with E-state index in [4.69, 9.17) is 4.42 Å². The third-order valence-corrected chi connectivity index (χ3v) is 3.84. The summed E-state index contributed by atoms with van der Waals surface area (Å²) in [7, 11) is 0. The van der Waals surface area contributed by atoms with Crippen molar-refractivity contribution in [3.8, 4) is 0 Å². The number of alkyl halides is 3. The number of aryl methyl sites for hydroxylation is 1. The summed E-state index contributed by atoms with van der Waals surface area (Å²) < 4.78 is 42.4. The van der Waals surface area contributed by atoms with E-state index in [1.807, 2.05) is 0 Å². The van der Waals surface area contributed by atoms with Crippen LogP contribution in [0.3, 0.4) is 0 Å². The molecule has 0 aromatic carbocycles. The lowest BCUT2D eigenvalue weighted by Crippen LogP contribution is -2.45. The molecule has 1 amide bonds. The maximum absolute atomic E-state index is 12.4. The van der Waals surface area contributed by atoms with Crippen molar-refractivity contribution in [3.05, 3.63) is 24.2 Å². The average Bonchev–Trinajstić information content (AvgIpc) is 2.96. The minimum atomic E-state index is -4.59. The van der Waals surface area contributed by atoms with Crippen LogP contribution in [0.5, 0.6) is 0 Å². The number of halogens is 3. The van der Waals surface area contributed by atoms with E-state index in [1.165, 1.54) is 6.26 Å². The zero-order chi connectivity index (χ0) is 15.5. The molecule has 0 saturated carbocycles. The van der Waals surface area contributed by atoms with Crippen LogP contribution in [0, 0.1) is 5.92 Å². The topological polar surface area (TPSA) is 53.7 Å². The number of hydrogen-bond acceptors (Lipinski definition) is 3. The maximum atomic E-state index is 12.4. The van der Waals surface area contributed by atoms with Crippen LogP contribution in [-0.2, 0) is 11.2 Å². The molecule has 1 unspecified atom stereocenters. The fourth-order valence-corrected chi connectivity index (χ4v) is 2.57. The van der Waals surface area contributed by atoms with E-state index in [2.05, 4.69) is 0 Å². The zero-order valence-corrected chi connectivity index (χ0v) is 11.5. The highest BCUT2D eigenvalue weighted by atomic mass is 19.4. The van der Waals surface area contributed by atoms with Crippen molar-refractivity contribution in [3.63, 3.8) is 0 Å². The molecule has 1 aromatic rings. The molecule has 4 nitrogen and oxygen atoms in total. The standard InChI is InChI=1S/C14H18F3NO3/c15-14(16,17)13(20)10-5-7-18(8-6-10)12(19)4-3-11-2-1-9-21-11/h1-2,9-10,13,20H,3-8H2. The number of aliphatic hydroxyl groups excluding tert-OH is 1. The number of aliphatic hydroxyl groups is 1. The Morgan fingerprint density at radius 1 is 1.43 bits per heavy atom. The van der Waals surface area contributed by atoms with Gasteiger partial charge in [0.15, 0.2) is 6.10 Å². The normalized spacial score (nSPS) is 18.8. The number of carbonyl (C=O) groups is 1. The quantitative estimate of drug-likeness (QED) is 0.929. The summed E-state index contributed by atoms with van der Waals surface area (Å²) in [6, 6.07) is 3.52. The third kappa shape index (κ3) is 4.23. The number of amides is 1. The van der Waals surface area contributed by atoms with E-state index in [-0.39, 0.29) is 38.3 Å². The summed E-state index contributed by atoms with van der Waals surface area (Å²) in [5.74, 6) is -0.198. The van der Waals surface area contributed by atoms with Gasteiger partial charge in [0.1, 0.15) is 5.76 Å². The number of likely N-dealkylation sites (tertiary alicyclic amines) is 1. The highest BCUT2D eigenvalue weighted by Crippen LogP contribution is 2.31. The molecule has 1 saturated heterocycles. The van der Waals surface area contributed by atoms with Crippen LogP contribution in [0.25, 0.3) is 0 Å². The summed E-state index contributed by atoms with van der Waals surface area (Å²) >= 11 is 0. The minimum Gasteiger partial charge on any atom is -0.469 e. The van der Waals surface area contributed by atoms with Gasteiger partial charge in [-0.2, -0.15) is 13.2 Å². The molecule has 1 fully saturated rings. The number of piperidine rings is 1. The van der Waals surface area contributed by atoms with E-state index in [9.17, 15) is 23.1 Å². The van der Waals surface area contributed by atoms with Crippen molar-refractivity contribution in [1.82, 2.24) is 4.90 Å². The highest BCUT2D eigenvalue weighted by Gasteiger charge is 2.44. The van der Waals surface area contributed by atoms with Crippen molar-refractivity contribution in [2.75, 3.05) is 13.1 Å². The molecular formula is C14H18F3NO3. The van der Waals surface area contributed by atoms with Crippen molar-refractivity contribution in [1.29, 1.82) is 0 Å². The molecule has 1 aliphatic heterocycles. The average molecular weight is 305 g/mol. The molecule has 0 radical (unpaired) electrons. The number of carbonyl (C=O) groups excluding carboxylic acids is 1. The van der Waals surface area contributed by atoms with E-state index in [0.29, 0.717) is 12.2 Å². The van der Waals surface area contributed by atoms with Gasteiger partial charge in [-0.15, -0.1) is 0 Å². The number of hydrogen-bond donors (Lipinski definition) is 1. The molecule has 2 heterocycles. The van der Waals surface area contributed by atoms with E-state index >= 15 is 0 Å². The van der Waals surface area contributed by atoms with Crippen molar-refractivity contribution < 1.29 is 27.5 Å². The summed E-state index contributed by atoms with van der Waals surface area (Å²) in [4.78, 5) is 13.5. The lowest BCUT2D eigenvalue weighted by Gasteiger charge is -2.34. The molecule has 118 valence electrons. The first-order chi connectivity index (χ1) is 9.88. The monoisotopic (exact) mass is 305 g/mol. The molecular weight excluding hydrogens is 287 g/mol. The lowest BCUT2D eigenvalue weighted by atomic mass is 9.90. The number of rotatable bonds is 4. The molecule has 1 N–H and O–H groups in total. The largest absolute Gasteiger partial charge is 0.469 e. The van der Waals surface area contributed by atoms with Gasteiger partial charge in [0, 0.05) is 25.9 Å². The Morgan fingerprint density at radius 3 is 2.62 bits per heavy atom. The Morgan fingerprint density at radius 2 is 2.10 bits per heavy atom. The fraction of sp³-hybridized carbons (Fsp3) is 0.643. The Hall–Kier alpha value is -1.50. The van der Waals surface area contributed by atoms with Gasteiger partial charge < -0.3 is 14.4 Å². The molecule has 1 aromatic heterocycles. The van der Waals surface area contributed by atoms with Crippen LogP contribution < -0.4 is 0 Å². The fourth-order valence-electron chi connectivity index (χ4n) is 2.57. The first-order valence-corrected chi connectivity index (χ1v) is 6.93. The predicted molar refractivity (Wildman–Crippen MR) is 68.4 cm³/mol. The van der Waals surface area contributed by atoms with Crippen LogP contribution in [0.15, 0.2) is 22.8 Å². The van der Waals surface area contributed by atoms with Gasteiger partial charge in [0.25, 0.3) is 0 Å². The van der Waals surface area contributed by atoms with Crippen LogP contribution in [-0.4, -0.2) is 41.3 Å². The summed E-state index contributed by atoms with van der Waals surface area (Å²) in [6.45, 7) is 0.517. The van der Waals surface area contributed by atoms with Gasteiger partial charge in [0.2, 0.25) is 5.91 Å². The van der Waals surface area contributed by atoms with E-state index < -0.39 is 18.2 Å². The first kappa shape index (κ1) is 15.9. The Kier molecular flexibility index (Phi) is 4.92. The van der Waals surface area contributed by atoms with E-state index in [1.54, 1.807) is 17.0 Å². The molecule has 0 bridgehead atoms. The molecule has 1 atom stereocenters. The SMILES string of the molecule is O=C(CCc1ccco1)N1CCC(C(O)C(F)(F)F)CC1. The van der Waals surface area contributed by atoms with Crippen LogP contribution >= 0.6 is 0 Å². The summed E-state index contributed by atoms with van der Waals surface area (Å²) in [5, 5.41) is 9.22. The Balaban J connectivity index is 1.77. The van der Waals surface area contributed by atoms with Gasteiger partial charge >= 0.3 is 6.18 Å². The maximum Gasteiger partial charge on any atom is 0.414 e. The van der Waals surface area contributed by atoms with Gasteiger partial charge in [-0.25, -0.2) is 0 Å². The summed E-state index contributed by atoms with van der Waals surface area (Å²) in [5.41, 5.74) is 0. The van der Waals surface area contributed by atoms with Gasteiger partial charge in [-0.3, -0.25) is 4.79 Å². The molecule has 1 aliphatic rings. The smallest absolute Gasteiger partial charge is 0.414 e. The van der Waals surface area contributed by atoms with E-state index in [0.717, 1.165) is 0 Å². The molecule has 21 heavy (non-hydrogen) atoms. The Bertz CT molecular complexity index is 451. The second kappa shape index (κ2) is 6.51.